The number of halogens is 1. The van der Waals surface area contributed by atoms with Crippen LogP contribution in [0, 0.1) is 5.82 Å². The largest absolute Gasteiger partial charge is 0.489 e. The van der Waals surface area contributed by atoms with Crippen molar-refractivity contribution in [3.05, 3.63) is 83.7 Å². The van der Waals surface area contributed by atoms with Crippen LogP contribution in [-0.2, 0) is 27.9 Å². The van der Waals surface area contributed by atoms with Crippen LogP contribution in [0.3, 0.4) is 0 Å². The highest BCUT2D eigenvalue weighted by Crippen LogP contribution is 2.27. The van der Waals surface area contributed by atoms with E-state index >= 15 is 0 Å². The Morgan fingerprint density at radius 3 is 2.66 bits per heavy atom. The van der Waals surface area contributed by atoms with Crippen molar-refractivity contribution < 1.29 is 22.3 Å². The zero-order chi connectivity index (χ0) is 24.3. The molecule has 0 spiro atoms. The number of aromatic nitrogens is 2. The van der Waals surface area contributed by atoms with Crippen molar-refractivity contribution in [1.29, 1.82) is 0 Å². The van der Waals surface area contributed by atoms with Gasteiger partial charge < -0.3 is 9.47 Å². The monoisotopic (exact) mass is 513 g/mol. The molecule has 7 nitrogen and oxygen atoms in total. The molecule has 1 aromatic heterocycles. The van der Waals surface area contributed by atoms with Crippen molar-refractivity contribution in [2.45, 2.75) is 37.0 Å². The van der Waals surface area contributed by atoms with Crippen LogP contribution in [0.2, 0.25) is 0 Å². The van der Waals surface area contributed by atoms with Crippen LogP contribution in [0.1, 0.15) is 24.0 Å². The lowest BCUT2D eigenvalue weighted by molar-refractivity contribution is 0.0926. The summed E-state index contributed by atoms with van der Waals surface area (Å²) in [5.41, 5.74) is 2.49. The molecule has 1 fully saturated rings. The zero-order valence-corrected chi connectivity index (χ0v) is 20.5. The number of sulfonamides is 1. The van der Waals surface area contributed by atoms with E-state index in [2.05, 4.69) is 8.75 Å². The zero-order valence-electron chi connectivity index (χ0n) is 18.8. The fraction of sp³-hybridized carbons (Fsp3) is 0.280. The fourth-order valence-electron chi connectivity index (χ4n) is 4.08. The number of benzene rings is 3. The summed E-state index contributed by atoms with van der Waals surface area (Å²) >= 11 is 0.995. The van der Waals surface area contributed by atoms with Crippen molar-refractivity contribution in [2.75, 3.05) is 13.2 Å². The molecule has 2 heterocycles. The topological polar surface area (TPSA) is 81.6 Å². The molecule has 1 aliphatic rings. The summed E-state index contributed by atoms with van der Waals surface area (Å²) in [6, 6.07) is 18.5. The number of nitrogens with zero attached hydrogens (tertiary/aromatic N) is 3. The minimum Gasteiger partial charge on any atom is -0.489 e. The van der Waals surface area contributed by atoms with Gasteiger partial charge in [0.1, 0.15) is 34.1 Å². The van der Waals surface area contributed by atoms with Crippen molar-refractivity contribution in [2.24, 2.45) is 0 Å². The first-order chi connectivity index (χ1) is 17.0. The molecule has 1 saturated heterocycles. The van der Waals surface area contributed by atoms with E-state index in [9.17, 15) is 12.8 Å². The van der Waals surface area contributed by atoms with Gasteiger partial charge in [-0.2, -0.15) is 13.1 Å². The number of fused-ring (bicyclic) bond motifs is 1. The Hall–Kier alpha value is -2.92. The van der Waals surface area contributed by atoms with Crippen LogP contribution in [0.15, 0.2) is 71.6 Å². The van der Waals surface area contributed by atoms with Gasteiger partial charge in [0.15, 0.2) is 0 Å². The molecule has 4 aromatic rings. The third-order valence-electron chi connectivity index (χ3n) is 5.87. The maximum absolute atomic E-state index is 13.7. The molecule has 1 atom stereocenters. The Labute approximate surface area is 207 Å². The maximum atomic E-state index is 13.7. The highest BCUT2D eigenvalue weighted by atomic mass is 32.2. The van der Waals surface area contributed by atoms with Gasteiger partial charge in [-0.05, 0) is 60.4 Å². The smallest absolute Gasteiger partial charge is 0.245 e. The first-order valence-corrected chi connectivity index (χ1v) is 13.5. The molecule has 1 unspecified atom stereocenters. The SMILES string of the molecule is O=S(=O)(c1cccc2nsnc12)N(Cc1ccc(OCc2cccc(F)c2)cc1)CC1CCCO1. The molecule has 3 aromatic carbocycles. The minimum absolute atomic E-state index is 0.147. The van der Waals surface area contributed by atoms with Crippen LogP contribution < -0.4 is 4.74 Å². The van der Waals surface area contributed by atoms with Gasteiger partial charge in [0.05, 0.1) is 17.8 Å². The molecule has 1 aliphatic heterocycles. The number of rotatable bonds is 9. The first kappa shape index (κ1) is 23.8. The van der Waals surface area contributed by atoms with Gasteiger partial charge in [0, 0.05) is 19.7 Å². The molecule has 0 amide bonds. The van der Waals surface area contributed by atoms with E-state index in [0.717, 1.165) is 35.7 Å². The highest BCUT2D eigenvalue weighted by molar-refractivity contribution is 7.89. The van der Waals surface area contributed by atoms with Crippen LogP contribution in [0.25, 0.3) is 11.0 Å². The molecule has 182 valence electrons. The molecule has 0 bridgehead atoms. The molecule has 35 heavy (non-hydrogen) atoms. The summed E-state index contributed by atoms with van der Waals surface area (Å²) < 4.78 is 62.2. The lowest BCUT2D eigenvalue weighted by Crippen LogP contribution is -2.37. The Kier molecular flexibility index (Phi) is 7.05. The molecule has 0 aliphatic carbocycles. The standard InChI is InChI=1S/C25H24FN3O4S2/c26-20-5-1-4-19(14-20)17-33-21-11-9-18(10-12-21)15-29(16-22-6-3-13-32-22)35(30,31)24-8-2-7-23-25(24)28-34-27-23/h1-2,4-5,7-12,14,22H,3,6,13,15-17H2. The summed E-state index contributed by atoms with van der Waals surface area (Å²) in [5.74, 6) is 0.308. The second kappa shape index (κ2) is 10.4. The second-order valence-electron chi connectivity index (χ2n) is 8.38. The second-order valence-corrected chi connectivity index (χ2v) is 10.8. The molecular formula is C25H24FN3O4S2. The number of hydrogen-bond acceptors (Lipinski definition) is 7. The molecule has 0 saturated carbocycles. The minimum atomic E-state index is -3.85. The van der Waals surface area contributed by atoms with Crippen LogP contribution in [0.5, 0.6) is 5.75 Å². The van der Waals surface area contributed by atoms with Crippen molar-refractivity contribution >= 4 is 32.8 Å². The predicted molar refractivity (Wildman–Crippen MR) is 131 cm³/mol. The van der Waals surface area contributed by atoms with E-state index in [1.807, 2.05) is 12.1 Å². The summed E-state index contributed by atoms with van der Waals surface area (Å²) in [7, 11) is -3.85. The summed E-state index contributed by atoms with van der Waals surface area (Å²) in [4.78, 5) is 0.150. The average molecular weight is 514 g/mol. The van der Waals surface area contributed by atoms with E-state index in [1.165, 1.54) is 16.4 Å². The van der Waals surface area contributed by atoms with Gasteiger partial charge >= 0.3 is 0 Å². The fourth-order valence-corrected chi connectivity index (χ4v) is 6.29. The van der Waals surface area contributed by atoms with E-state index in [0.29, 0.717) is 23.4 Å². The maximum Gasteiger partial charge on any atom is 0.245 e. The van der Waals surface area contributed by atoms with Crippen LogP contribution in [0.4, 0.5) is 4.39 Å². The Bertz CT molecular complexity index is 1400. The van der Waals surface area contributed by atoms with Crippen LogP contribution >= 0.6 is 11.7 Å². The summed E-state index contributed by atoms with van der Waals surface area (Å²) in [5, 5.41) is 0. The van der Waals surface area contributed by atoms with E-state index in [4.69, 9.17) is 9.47 Å². The molecule has 10 heteroatoms. The molecule has 0 radical (unpaired) electrons. The summed E-state index contributed by atoms with van der Waals surface area (Å²) in [6.07, 6.45) is 1.59. The Balaban J connectivity index is 1.35. The molecule has 0 N–H and O–H groups in total. The van der Waals surface area contributed by atoms with Gasteiger partial charge in [-0.15, -0.1) is 0 Å². The quantitative estimate of drug-likeness (QED) is 0.320. The van der Waals surface area contributed by atoms with E-state index in [-0.39, 0.29) is 36.5 Å². The van der Waals surface area contributed by atoms with Crippen molar-refractivity contribution in [3.63, 3.8) is 0 Å². The number of ether oxygens (including phenoxy) is 2. The van der Waals surface area contributed by atoms with Gasteiger partial charge in [0.2, 0.25) is 10.0 Å². The summed E-state index contributed by atoms with van der Waals surface area (Å²) in [6.45, 7) is 1.32. The van der Waals surface area contributed by atoms with Gasteiger partial charge in [-0.1, -0.05) is 30.3 Å². The highest BCUT2D eigenvalue weighted by Gasteiger charge is 2.31. The number of hydrogen-bond donors (Lipinski definition) is 0. The third kappa shape index (κ3) is 5.51. The van der Waals surface area contributed by atoms with Gasteiger partial charge in [0.25, 0.3) is 0 Å². The molecular weight excluding hydrogens is 489 g/mol. The van der Waals surface area contributed by atoms with Crippen molar-refractivity contribution in [3.8, 4) is 5.75 Å². The average Bonchev–Trinajstić information content (AvgIpc) is 3.55. The van der Waals surface area contributed by atoms with E-state index in [1.54, 1.807) is 42.5 Å². The van der Waals surface area contributed by atoms with Gasteiger partial charge in [-0.25, -0.2) is 12.8 Å². The Morgan fingerprint density at radius 2 is 1.89 bits per heavy atom. The third-order valence-corrected chi connectivity index (χ3v) is 8.26. The first-order valence-electron chi connectivity index (χ1n) is 11.3. The lowest BCUT2D eigenvalue weighted by Gasteiger charge is -2.25. The normalized spacial score (nSPS) is 16.2. The Morgan fingerprint density at radius 1 is 1.06 bits per heavy atom. The van der Waals surface area contributed by atoms with Crippen molar-refractivity contribution in [1.82, 2.24) is 13.1 Å². The molecule has 5 rings (SSSR count). The van der Waals surface area contributed by atoms with E-state index < -0.39 is 10.0 Å². The lowest BCUT2D eigenvalue weighted by atomic mass is 10.2. The van der Waals surface area contributed by atoms with Crippen LogP contribution in [-0.4, -0.2) is 40.7 Å². The van der Waals surface area contributed by atoms with Gasteiger partial charge in [-0.3, -0.25) is 0 Å². The predicted octanol–water partition coefficient (Wildman–Crippen LogP) is 4.78.